The lowest BCUT2D eigenvalue weighted by molar-refractivity contribution is -0.163. The Morgan fingerprint density at radius 1 is 0.576 bits per heavy atom. The zero-order valence-corrected chi connectivity index (χ0v) is 37.7. The lowest BCUT2D eigenvalue weighted by Crippen LogP contribution is -2.49. The lowest BCUT2D eigenvalue weighted by Gasteiger charge is -2.37. The van der Waals surface area contributed by atoms with E-state index in [0.29, 0.717) is 11.5 Å². The normalized spacial score (nSPS) is 15.5. The number of amides is 1. The summed E-state index contributed by atoms with van der Waals surface area (Å²) in [7, 11) is 0. The van der Waals surface area contributed by atoms with Gasteiger partial charge in [0.15, 0.2) is 6.04 Å². The third-order valence-electron chi connectivity index (χ3n) is 13.4. The van der Waals surface area contributed by atoms with Crippen LogP contribution in [0.3, 0.4) is 0 Å². The summed E-state index contributed by atoms with van der Waals surface area (Å²) in [6.45, 7) is 2.83. The fraction of sp³-hybridized carbons (Fsp3) is 0.333. The number of alkyl halides is 3. The highest BCUT2D eigenvalue weighted by molar-refractivity contribution is 5.82. The third-order valence-corrected chi connectivity index (χ3v) is 13.4. The zero-order chi connectivity index (χ0) is 46.2. The summed E-state index contributed by atoms with van der Waals surface area (Å²) in [6, 6.07) is 47.4. The number of rotatable bonds is 13. The molecule has 2 aliphatic rings. The van der Waals surface area contributed by atoms with Crippen molar-refractivity contribution in [1.82, 2.24) is 5.32 Å². The van der Waals surface area contributed by atoms with Crippen LogP contribution in [0.2, 0.25) is 0 Å². The molecule has 2 aliphatic carbocycles. The molecule has 0 bridgehead atoms. The molecule has 0 aromatic heterocycles. The maximum absolute atomic E-state index is 14.6. The van der Waals surface area contributed by atoms with Crippen LogP contribution in [0.15, 0.2) is 158 Å². The van der Waals surface area contributed by atoms with Crippen LogP contribution in [0.25, 0.3) is 11.1 Å². The molecule has 0 radical (unpaired) electrons. The first kappa shape index (κ1) is 46.3. The molecule has 1 atom stereocenters. The smallest absolute Gasteiger partial charge is 0.416 e. The summed E-state index contributed by atoms with van der Waals surface area (Å²) in [5.74, 6) is -0.629. The molecule has 0 saturated heterocycles. The largest absolute Gasteiger partial charge is 0.453 e. The minimum absolute atomic E-state index is 0.00480. The van der Waals surface area contributed by atoms with E-state index < -0.39 is 41.0 Å². The predicted octanol–water partition coefficient (Wildman–Crippen LogP) is 14.0. The van der Waals surface area contributed by atoms with Crippen molar-refractivity contribution >= 4 is 12.1 Å². The van der Waals surface area contributed by atoms with Crippen molar-refractivity contribution in [1.29, 1.82) is 0 Å². The number of carbonyl (C=O) groups excluding carboxylic acids is 2. The Morgan fingerprint density at radius 3 is 1.56 bits per heavy atom. The summed E-state index contributed by atoms with van der Waals surface area (Å²) in [5, 5.41) is 2.78. The van der Waals surface area contributed by atoms with E-state index >= 15 is 0 Å². The van der Waals surface area contributed by atoms with E-state index in [1.807, 2.05) is 97.1 Å². The molecule has 0 unspecified atom stereocenters. The minimum atomic E-state index is -4.54. The van der Waals surface area contributed by atoms with Gasteiger partial charge in [-0.3, -0.25) is 0 Å². The van der Waals surface area contributed by atoms with Gasteiger partial charge in [0.05, 0.1) is 12.2 Å². The van der Waals surface area contributed by atoms with Crippen LogP contribution in [-0.2, 0) is 36.4 Å². The Kier molecular flexibility index (Phi) is 14.4. The van der Waals surface area contributed by atoms with E-state index in [-0.39, 0.29) is 19.1 Å². The topological polar surface area (TPSA) is 73.9 Å². The number of alkyl carbamates (subject to hydrolysis) is 1. The second-order valence-electron chi connectivity index (χ2n) is 18.1. The van der Waals surface area contributed by atoms with Crippen molar-refractivity contribution in [3.63, 3.8) is 0 Å². The Hall–Kier alpha value is -6.19. The summed E-state index contributed by atoms with van der Waals surface area (Å²) in [5.41, 5.74) is 4.81. The Bertz CT molecular complexity index is 2450. The highest BCUT2D eigenvalue weighted by Crippen LogP contribution is 2.45. The second kappa shape index (κ2) is 20.5. The second-order valence-corrected chi connectivity index (χ2v) is 18.1. The summed E-state index contributed by atoms with van der Waals surface area (Å²) in [6.07, 6.45) is 5.71. The third kappa shape index (κ3) is 10.4. The molecule has 0 aliphatic heterocycles. The van der Waals surface area contributed by atoms with Gasteiger partial charge in [-0.25, -0.2) is 9.59 Å². The molecule has 0 heterocycles. The molecular formula is C57H58F3NO5. The molecule has 6 aromatic carbocycles. The first-order chi connectivity index (χ1) is 31.9. The van der Waals surface area contributed by atoms with Crippen molar-refractivity contribution in [2.45, 2.75) is 107 Å². The average molecular weight is 894 g/mol. The van der Waals surface area contributed by atoms with E-state index in [9.17, 15) is 22.8 Å². The molecule has 6 aromatic rings. The van der Waals surface area contributed by atoms with E-state index in [0.717, 1.165) is 63.9 Å². The predicted molar refractivity (Wildman–Crippen MR) is 252 cm³/mol. The molecule has 9 heteroatoms. The quantitative estimate of drug-likeness (QED) is 0.0923. The molecule has 1 N–H and O–H groups in total. The fourth-order valence-electron chi connectivity index (χ4n) is 9.83. The van der Waals surface area contributed by atoms with E-state index in [2.05, 4.69) is 41.7 Å². The van der Waals surface area contributed by atoms with Crippen LogP contribution in [0.5, 0.6) is 0 Å². The molecular weight excluding hydrogens is 836 g/mol. The highest BCUT2D eigenvalue weighted by Gasteiger charge is 2.41. The number of fused-ring (bicyclic) bond motifs is 3. The number of hydrogen-bond acceptors (Lipinski definition) is 5. The van der Waals surface area contributed by atoms with Crippen LogP contribution in [0.1, 0.15) is 128 Å². The van der Waals surface area contributed by atoms with E-state index in [1.54, 1.807) is 13.8 Å². The van der Waals surface area contributed by atoms with Gasteiger partial charge >= 0.3 is 18.2 Å². The van der Waals surface area contributed by atoms with Gasteiger partial charge in [0.2, 0.25) is 0 Å². The van der Waals surface area contributed by atoms with Gasteiger partial charge in [-0.1, -0.05) is 191 Å². The molecule has 6 nitrogen and oxygen atoms in total. The number of hydrogen-bond donors (Lipinski definition) is 1. The SMILES string of the molecule is CC(C)(OC(=O)[C@H](COC(c1ccccc1)(c1ccccc1)c1ccc(C2CCCCCCCCC2)cc1)NC(=O)OCC1c2ccccc2-c2ccccc21)c1ccc(C(F)(F)F)cc1. The molecule has 342 valence electrons. The van der Waals surface area contributed by atoms with Crippen molar-refractivity contribution in [3.8, 4) is 11.1 Å². The zero-order valence-electron chi connectivity index (χ0n) is 37.7. The Labute approximate surface area is 386 Å². The van der Waals surface area contributed by atoms with Gasteiger partial charge in [-0.15, -0.1) is 0 Å². The Balaban J connectivity index is 1.12. The first-order valence-electron chi connectivity index (χ1n) is 23.3. The molecule has 8 rings (SSSR count). The van der Waals surface area contributed by atoms with Crippen LogP contribution in [0, 0.1) is 0 Å². The number of benzene rings is 6. The van der Waals surface area contributed by atoms with Crippen molar-refractivity contribution < 1.29 is 37.0 Å². The van der Waals surface area contributed by atoms with Gasteiger partial charge in [0.25, 0.3) is 0 Å². The Morgan fingerprint density at radius 2 is 1.03 bits per heavy atom. The van der Waals surface area contributed by atoms with Gasteiger partial charge in [0.1, 0.15) is 17.8 Å². The van der Waals surface area contributed by atoms with E-state index in [1.165, 1.54) is 62.6 Å². The van der Waals surface area contributed by atoms with Crippen molar-refractivity contribution in [3.05, 3.63) is 202 Å². The standard InChI is InChI=1S/C57H58F3NO5/c1-55(2,42-34-36-46(37-35-42)57(58,59)60)66-53(62)52(61-54(63)64-38-51-49-28-18-16-26-47(49)48-27-17-19-29-50(48)51)39-65-56(43-22-12-8-13-23-43,44-24-14-9-15-25-44)45-32-30-41(31-33-45)40-20-10-6-4-3-5-7-11-21-40/h8-9,12-19,22-37,40,51-52H,3-7,10-11,20-21,38-39H2,1-2H3,(H,61,63)/t52-/m0/s1. The molecule has 0 spiro atoms. The highest BCUT2D eigenvalue weighted by atomic mass is 19.4. The van der Waals surface area contributed by atoms with Crippen LogP contribution in [0.4, 0.5) is 18.0 Å². The molecule has 66 heavy (non-hydrogen) atoms. The van der Waals surface area contributed by atoms with Crippen LogP contribution in [-0.4, -0.2) is 31.3 Å². The minimum Gasteiger partial charge on any atom is -0.453 e. The van der Waals surface area contributed by atoms with Gasteiger partial charge < -0.3 is 19.5 Å². The monoisotopic (exact) mass is 893 g/mol. The van der Waals surface area contributed by atoms with Crippen LogP contribution >= 0.6 is 0 Å². The number of ether oxygens (including phenoxy) is 3. The molecule has 1 saturated carbocycles. The number of esters is 1. The number of nitrogens with one attached hydrogen (secondary N) is 1. The molecule has 1 fully saturated rings. The molecule has 1 amide bonds. The van der Waals surface area contributed by atoms with Crippen LogP contribution < -0.4 is 5.32 Å². The van der Waals surface area contributed by atoms with E-state index in [4.69, 9.17) is 14.2 Å². The number of carbonyl (C=O) groups is 2. The summed E-state index contributed by atoms with van der Waals surface area (Å²) in [4.78, 5) is 28.6. The van der Waals surface area contributed by atoms with Gasteiger partial charge in [0, 0.05) is 5.92 Å². The average Bonchev–Trinajstić information content (AvgIpc) is 3.66. The number of halogens is 3. The van der Waals surface area contributed by atoms with Gasteiger partial charge in [-0.05, 0) is 94.8 Å². The summed E-state index contributed by atoms with van der Waals surface area (Å²) < 4.78 is 59.8. The first-order valence-corrected chi connectivity index (χ1v) is 23.3. The van der Waals surface area contributed by atoms with Crippen molar-refractivity contribution in [2.24, 2.45) is 0 Å². The van der Waals surface area contributed by atoms with Gasteiger partial charge in [-0.2, -0.15) is 13.2 Å². The van der Waals surface area contributed by atoms with Crippen molar-refractivity contribution in [2.75, 3.05) is 13.2 Å². The maximum Gasteiger partial charge on any atom is 0.416 e. The lowest BCUT2D eigenvalue weighted by atomic mass is 9.78. The fourth-order valence-corrected chi connectivity index (χ4v) is 9.83. The summed E-state index contributed by atoms with van der Waals surface area (Å²) >= 11 is 0. The maximum atomic E-state index is 14.6.